The number of ether oxygens (including phenoxy) is 1. The highest BCUT2D eigenvalue weighted by atomic mass is 32.2. The number of anilines is 3. The molecule has 0 aliphatic carbocycles. The molecule has 0 amide bonds. The number of aromatic nitrogens is 4. The molecule has 2 N–H and O–H groups in total. The summed E-state index contributed by atoms with van der Waals surface area (Å²) in [4.78, 5) is 16.5. The van der Waals surface area contributed by atoms with E-state index in [0.29, 0.717) is 48.3 Å². The summed E-state index contributed by atoms with van der Waals surface area (Å²) in [5, 5.41) is 12.7. The van der Waals surface area contributed by atoms with Crippen LogP contribution in [0.5, 0.6) is 0 Å². The van der Waals surface area contributed by atoms with Crippen LogP contribution >= 0.6 is 0 Å². The van der Waals surface area contributed by atoms with Gasteiger partial charge in [-0.1, -0.05) is 12.1 Å². The molecule has 0 spiro atoms. The van der Waals surface area contributed by atoms with Gasteiger partial charge in [0.1, 0.15) is 6.33 Å². The number of nitrogens with zero attached hydrogens (tertiary/aromatic N) is 5. The molecule has 5 rings (SSSR count). The number of imidazole rings is 1. The van der Waals surface area contributed by atoms with Gasteiger partial charge in [0.05, 0.1) is 24.2 Å². The van der Waals surface area contributed by atoms with Crippen LogP contribution in [0.25, 0.3) is 16.9 Å². The Morgan fingerprint density at radius 1 is 1.11 bits per heavy atom. The fourth-order valence-corrected chi connectivity index (χ4v) is 4.62. The fourth-order valence-electron chi connectivity index (χ4n) is 3.99. The molecule has 3 heterocycles. The first-order valence-corrected chi connectivity index (χ1v) is 13.1. The van der Waals surface area contributed by atoms with E-state index < -0.39 is 9.84 Å². The van der Waals surface area contributed by atoms with Gasteiger partial charge in [0.25, 0.3) is 0 Å². The third-order valence-electron chi connectivity index (χ3n) is 5.85. The van der Waals surface area contributed by atoms with Gasteiger partial charge in [-0.15, -0.1) is 0 Å². The van der Waals surface area contributed by atoms with Crippen molar-refractivity contribution in [2.75, 3.05) is 36.2 Å². The minimum Gasteiger partial charge on any atom is -0.392 e. The molecule has 0 saturated carbocycles. The number of morpholine rings is 1. The summed E-state index contributed by atoms with van der Waals surface area (Å²) in [5.74, 6) is 1.07. The number of hydrogen-bond donors (Lipinski definition) is 2. The molecule has 4 aromatic rings. The number of nitrogens with one attached hydrogen (secondary N) is 1. The molecular weight excluding hydrogens is 468 g/mol. The first-order valence-electron chi connectivity index (χ1n) is 11.2. The van der Waals surface area contributed by atoms with Crippen molar-refractivity contribution in [2.24, 2.45) is 0 Å². The summed E-state index contributed by atoms with van der Waals surface area (Å²) >= 11 is 0. The third-order valence-corrected chi connectivity index (χ3v) is 6.98. The Hall–Kier alpha value is -3.54. The van der Waals surface area contributed by atoms with Crippen LogP contribution in [0.4, 0.5) is 17.5 Å². The second-order valence-electron chi connectivity index (χ2n) is 8.53. The maximum atomic E-state index is 11.8. The van der Waals surface area contributed by atoms with Crippen molar-refractivity contribution < 1.29 is 18.3 Å². The van der Waals surface area contributed by atoms with Crippen LogP contribution in [-0.4, -0.2) is 65.1 Å². The molecule has 1 atom stereocenters. The summed E-state index contributed by atoms with van der Waals surface area (Å²) in [6.45, 7) is 3.89. The van der Waals surface area contributed by atoms with Gasteiger partial charge in [0.2, 0.25) is 5.95 Å². The van der Waals surface area contributed by atoms with Crippen LogP contribution in [0.1, 0.15) is 12.5 Å². The predicted molar refractivity (Wildman–Crippen MR) is 133 cm³/mol. The Balaban J connectivity index is 1.59. The van der Waals surface area contributed by atoms with Crippen molar-refractivity contribution in [1.29, 1.82) is 0 Å². The van der Waals surface area contributed by atoms with Gasteiger partial charge in [-0.25, -0.2) is 13.4 Å². The zero-order chi connectivity index (χ0) is 24.6. The van der Waals surface area contributed by atoms with Crippen LogP contribution in [0.15, 0.2) is 59.8 Å². The van der Waals surface area contributed by atoms with E-state index in [9.17, 15) is 13.5 Å². The van der Waals surface area contributed by atoms with E-state index in [1.54, 1.807) is 30.6 Å². The molecular formula is C24H26N6O4S. The molecule has 0 bridgehead atoms. The SMILES string of the molecule is CC1CN(c2nc(Nc3ccc(S(C)(=O)=O)cc3)c3ncn(-c4ccc(CO)cc4)c3n2)CCO1. The standard InChI is InChI=1S/C24H26N6O4S/c1-16-13-29(11-12-34-16)24-27-22(26-18-5-9-20(10-6-18)35(2,32)33)21-23(28-24)30(15-25-21)19-7-3-17(14-31)4-8-19/h3-10,15-16,31H,11-14H2,1-2H3,(H,26,27,28). The number of aliphatic hydroxyl groups excluding tert-OH is 1. The van der Waals surface area contributed by atoms with E-state index in [0.717, 1.165) is 11.3 Å². The van der Waals surface area contributed by atoms with Crippen LogP contribution in [0.3, 0.4) is 0 Å². The summed E-state index contributed by atoms with van der Waals surface area (Å²) in [5.41, 5.74) is 3.55. The highest BCUT2D eigenvalue weighted by Crippen LogP contribution is 2.28. The quantitative estimate of drug-likeness (QED) is 0.416. The number of benzene rings is 2. The predicted octanol–water partition coefficient (Wildman–Crippen LogP) is 2.68. The van der Waals surface area contributed by atoms with E-state index in [2.05, 4.69) is 15.2 Å². The van der Waals surface area contributed by atoms with Crippen molar-refractivity contribution in [2.45, 2.75) is 24.5 Å². The lowest BCUT2D eigenvalue weighted by molar-refractivity contribution is 0.0526. The molecule has 2 aromatic carbocycles. The van der Waals surface area contributed by atoms with E-state index in [1.165, 1.54) is 6.26 Å². The van der Waals surface area contributed by atoms with Crippen LogP contribution in [0, 0.1) is 0 Å². The van der Waals surface area contributed by atoms with E-state index in [4.69, 9.17) is 14.7 Å². The minimum absolute atomic E-state index is 0.0291. The molecule has 1 saturated heterocycles. The van der Waals surface area contributed by atoms with Crippen LogP contribution in [0.2, 0.25) is 0 Å². The monoisotopic (exact) mass is 494 g/mol. The number of sulfone groups is 1. The molecule has 35 heavy (non-hydrogen) atoms. The number of rotatable bonds is 6. The lowest BCUT2D eigenvalue weighted by Gasteiger charge is -2.31. The van der Waals surface area contributed by atoms with Crippen LogP contribution < -0.4 is 10.2 Å². The van der Waals surface area contributed by atoms with Crippen molar-refractivity contribution in [3.63, 3.8) is 0 Å². The first-order chi connectivity index (χ1) is 16.8. The summed E-state index contributed by atoms with van der Waals surface area (Å²) in [7, 11) is -3.29. The maximum Gasteiger partial charge on any atom is 0.229 e. The van der Waals surface area contributed by atoms with Crippen molar-refractivity contribution in [3.8, 4) is 5.69 Å². The minimum atomic E-state index is -3.29. The molecule has 182 valence electrons. The molecule has 1 aliphatic rings. The number of hydrogen-bond acceptors (Lipinski definition) is 9. The van der Waals surface area contributed by atoms with Gasteiger partial charge in [-0.05, 0) is 48.9 Å². The van der Waals surface area contributed by atoms with E-state index >= 15 is 0 Å². The lowest BCUT2D eigenvalue weighted by Crippen LogP contribution is -2.42. The van der Waals surface area contributed by atoms with Gasteiger partial charge in [-0.2, -0.15) is 9.97 Å². The van der Waals surface area contributed by atoms with Gasteiger partial charge >= 0.3 is 0 Å². The fraction of sp³-hybridized carbons (Fsp3) is 0.292. The first kappa shape index (κ1) is 23.2. The zero-order valence-corrected chi connectivity index (χ0v) is 20.2. The smallest absolute Gasteiger partial charge is 0.229 e. The molecule has 0 radical (unpaired) electrons. The Kier molecular flexibility index (Phi) is 6.13. The Morgan fingerprint density at radius 3 is 2.51 bits per heavy atom. The Bertz CT molecular complexity index is 1450. The van der Waals surface area contributed by atoms with Gasteiger partial charge in [0, 0.05) is 30.7 Å². The van der Waals surface area contributed by atoms with Gasteiger partial charge in [0.15, 0.2) is 26.8 Å². The van der Waals surface area contributed by atoms with Crippen molar-refractivity contribution >= 4 is 38.5 Å². The van der Waals surface area contributed by atoms with Gasteiger partial charge in [-0.3, -0.25) is 4.57 Å². The third kappa shape index (κ3) is 4.83. The second kappa shape index (κ2) is 9.25. The van der Waals surface area contributed by atoms with Crippen LogP contribution in [-0.2, 0) is 21.2 Å². The van der Waals surface area contributed by atoms with Crippen molar-refractivity contribution in [3.05, 3.63) is 60.4 Å². The second-order valence-corrected chi connectivity index (χ2v) is 10.5. The Morgan fingerprint density at radius 2 is 1.86 bits per heavy atom. The van der Waals surface area contributed by atoms with E-state index in [1.807, 2.05) is 35.8 Å². The van der Waals surface area contributed by atoms with E-state index in [-0.39, 0.29) is 17.6 Å². The molecule has 2 aromatic heterocycles. The summed E-state index contributed by atoms with van der Waals surface area (Å²) in [6, 6.07) is 14.0. The highest BCUT2D eigenvalue weighted by Gasteiger charge is 2.23. The molecule has 10 nitrogen and oxygen atoms in total. The normalized spacial score (nSPS) is 16.5. The number of fused-ring (bicyclic) bond motifs is 1. The lowest BCUT2D eigenvalue weighted by atomic mass is 10.2. The average Bonchev–Trinajstić information content (AvgIpc) is 3.28. The number of aliphatic hydroxyl groups is 1. The highest BCUT2D eigenvalue weighted by molar-refractivity contribution is 7.90. The summed E-state index contributed by atoms with van der Waals surface area (Å²) < 4.78 is 31.2. The average molecular weight is 495 g/mol. The van der Waals surface area contributed by atoms with Gasteiger partial charge < -0.3 is 20.1 Å². The largest absolute Gasteiger partial charge is 0.392 e. The zero-order valence-electron chi connectivity index (χ0n) is 19.4. The molecule has 1 aliphatic heterocycles. The topological polar surface area (TPSA) is 122 Å². The molecule has 1 fully saturated rings. The Labute approximate surface area is 203 Å². The van der Waals surface area contributed by atoms with Crippen molar-refractivity contribution in [1.82, 2.24) is 19.5 Å². The summed E-state index contributed by atoms with van der Waals surface area (Å²) in [6.07, 6.45) is 2.93. The molecule has 11 heteroatoms. The molecule has 1 unspecified atom stereocenters. The maximum absolute atomic E-state index is 11.8.